The third kappa shape index (κ3) is 4.72. The topological polar surface area (TPSA) is 49.8 Å². The van der Waals surface area contributed by atoms with Gasteiger partial charge in [-0.05, 0) is 84.9 Å². The molecular formula is C27H32ClNO3. The summed E-state index contributed by atoms with van der Waals surface area (Å²) in [4.78, 5) is 13.3. The lowest BCUT2D eigenvalue weighted by molar-refractivity contribution is -0.147. The number of fused-ring (bicyclic) bond motifs is 2. The van der Waals surface area contributed by atoms with Crippen molar-refractivity contribution >= 4 is 23.9 Å². The summed E-state index contributed by atoms with van der Waals surface area (Å²) < 4.78 is 6.14. The molecule has 0 bridgehead atoms. The number of allylic oxidation sites excluding steroid dienone is 1. The third-order valence-corrected chi connectivity index (χ3v) is 7.36. The minimum atomic E-state index is -0.666. The molecule has 32 heavy (non-hydrogen) atoms. The van der Waals surface area contributed by atoms with Crippen LogP contribution in [0.5, 0.6) is 5.75 Å². The lowest BCUT2D eigenvalue weighted by atomic mass is 9.85. The summed E-state index contributed by atoms with van der Waals surface area (Å²) in [7, 11) is 0. The summed E-state index contributed by atoms with van der Waals surface area (Å²) in [6, 6.07) is 15.3. The van der Waals surface area contributed by atoms with Gasteiger partial charge >= 0.3 is 5.97 Å². The van der Waals surface area contributed by atoms with Gasteiger partial charge in [0.2, 0.25) is 0 Å². The molecule has 1 heterocycles. The molecule has 170 valence electrons. The highest BCUT2D eigenvalue weighted by atomic mass is 35.5. The molecule has 0 atom stereocenters. The highest BCUT2D eigenvalue weighted by Crippen LogP contribution is 2.35. The molecule has 2 aromatic rings. The molecule has 0 radical (unpaired) electrons. The molecule has 1 saturated heterocycles. The molecule has 2 aromatic carbocycles. The zero-order valence-electron chi connectivity index (χ0n) is 18.7. The van der Waals surface area contributed by atoms with Crippen molar-refractivity contribution in [2.24, 2.45) is 11.8 Å². The second-order valence-electron chi connectivity index (χ2n) is 9.46. The van der Waals surface area contributed by atoms with E-state index in [1.54, 1.807) is 0 Å². The lowest BCUT2D eigenvalue weighted by Crippen LogP contribution is -2.50. The van der Waals surface area contributed by atoms with Crippen molar-refractivity contribution in [1.29, 1.82) is 0 Å². The number of carboxylic acid groups (broad SMARTS) is 1. The Kier molecular flexibility index (Phi) is 6.92. The molecule has 3 aliphatic rings. The molecule has 0 spiro atoms. The van der Waals surface area contributed by atoms with Gasteiger partial charge in [0.1, 0.15) is 5.75 Å². The monoisotopic (exact) mass is 453 g/mol. The van der Waals surface area contributed by atoms with Crippen molar-refractivity contribution in [3.8, 4) is 5.75 Å². The van der Waals surface area contributed by atoms with Crippen molar-refractivity contribution in [1.82, 2.24) is 4.90 Å². The lowest BCUT2D eigenvalue weighted by Gasteiger charge is -2.38. The molecule has 1 N–H and O–H groups in total. The van der Waals surface area contributed by atoms with Crippen molar-refractivity contribution in [2.75, 3.05) is 26.2 Å². The average Bonchev–Trinajstić information content (AvgIpc) is 3.14. The molecular weight excluding hydrogens is 422 g/mol. The van der Waals surface area contributed by atoms with Crippen LogP contribution < -0.4 is 4.74 Å². The Bertz CT molecular complexity index is 1000. The predicted molar refractivity (Wildman–Crippen MR) is 130 cm³/mol. The first-order valence-electron chi connectivity index (χ1n) is 11.5. The number of aliphatic carboxylic acids is 1. The van der Waals surface area contributed by atoms with Gasteiger partial charge in [-0.15, -0.1) is 12.4 Å². The van der Waals surface area contributed by atoms with Gasteiger partial charge in [-0.25, -0.2) is 0 Å². The molecule has 0 aromatic heterocycles. The number of carbonyl (C=O) groups is 1. The van der Waals surface area contributed by atoms with E-state index in [0.29, 0.717) is 19.0 Å². The number of rotatable bonds is 7. The quantitative estimate of drug-likeness (QED) is 0.638. The van der Waals surface area contributed by atoms with Crippen LogP contribution in [-0.2, 0) is 24.1 Å². The van der Waals surface area contributed by atoms with Gasteiger partial charge in [0.15, 0.2) is 0 Å². The van der Waals surface area contributed by atoms with Crippen molar-refractivity contribution in [3.63, 3.8) is 0 Å². The Balaban J connectivity index is 0.00000245. The van der Waals surface area contributed by atoms with Crippen molar-refractivity contribution < 1.29 is 14.6 Å². The number of carboxylic acids is 1. The second kappa shape index (κ2) is 9.68. The maximum Gasteiger partial charge on any atom is 0.309 e. The standard InChI is InChI=1S/C27H31NO3.ClH/c1-18-23(15-28-16-24(17-28)27(29)30)7-6-22-14-25(8-9-26(18)22)31-11-10-19-12-20-4-2-3-5-21(20)13-19;/h2-5,8-9,14,19,24H,6-7,10-13,15-17H2,1H3,(H,29,30);1H. The summed E-state index contributed by atoms with van der Waals surface area (Å²) >= 11 is 0. The van der Waals surface area contributed by atoms with Gasteiger partial charge < -0.3 is 9.84 Å². The first-order chi connectivity index (χ1) is 15.1. The van der Waals surface area contributed by atoms with Crippen LogP contribution >= 0.6 is 12.4 Å². The Morgan fingerprint density at radius 2 is 1.78 bits per heavy atom. The summed E-state index contributed by atoms with van der Waals surface area (Å²) in [6.07, 6.45) is 5.55. The minimum absolute atomic E-state index is 0. The highest BCUT2D eigenvalue weighted by molar-refractivity contribution is 5.85. The Labute approximate surface area is 196 Å². The number of hydrogen-bond acceptors (Lipinski definition) is 3. The Hall–Kier alpha value is -2.30. The van der Waals surface area contributed by atoms with E-state index in [9.17, 15) is 4.79 Å². The molecule has 1 fully saturated rings. The van der Waals surface area contributed by atoms with E-state index in [1.807, 2.05) is 0 Å². The van der Waals surface area contributed by atoms with Crippen LogP contribution in [0, 0.1) is 11.8 Å². The first kappa shape index (κ1) is 22.9. The second-order valence-corrected chi connectivity index (χ2v) is 9.46. The largest absolute Gasteiger partial charge is 0.494 e. The smallest absolute Gasteiger partial charge is 0.309 e. The fourth-order valence-electron chi connectivity index (χ4n) is 5.42. The van der Waals surface area contributed by atoms with Crippen molar-refractivity contribution in [3.05, 3.63) is 70.3 Å². The van der Waals surface area contributed by atoms with Crippen LogP contribution in [0.2, 0.25) is 0 Å². The van der Waals surface area contributed by atoms with E-state index in [2.05, 4.69) is 54.3 Å². The van der Waals surface area contributed by atoms with E-state index in [-0.39, 0.29) is 18.3 Å². The molecule has 0 amide bonds. The maximum atomic E-state index is 11.0. The zero-order valence-corrected chi connectivity index (χ0v) is 19.5. The maximum absolute atomic E-state index is 11.0. The number of nitrogens with zero attached hydrogens (tertiary/aromatic N) is 1. The fraction of sp³-hybridized carbons (Fsp3) is 0.444. The van der Waals surface area contributed by atoms with Gasteiger partial charge in [0.05, 0.1) is 12.5 Å². The number of likely N-dealkylation sites (tertiary alicyclic amines) is 1. The fourth-order valence-corrected chi connectivity index (χ4v) is 5.42. The minimum Gasteiger partial charge on any atom is -0.494 e. The molecule has 4 nitrogen and oxygen atoms in total. The number of aryl methyl sites for hydroxylation is 1. The van der Waals surface area contributed by atoms with E-state index in [0.717, 1.165) is 38.2 Å². The van der Waals surface area contributed by atoms with Gasteiger partial charge in [0.25, 0.3) is 0 Å². The molecule has 5 rings (SSSR count). The van der Waals surface area contributed by atoms with E-state index in [4.69, 9.17) is 9.84 Å². The molecule has 5 heteroatoms. The average molecular weight is 454 g/mol. The summed E-state index contributed by atoms with van der Waals surface area (Å²) in [5.41, 5.74) is 8.53. The van der Waals surface area contributed by atoms with Gasteiger partial charge in [-0.1, -0.05) is 35.9 Å². The van der Waals surface area contributed by atoms with Crippen LogP contribution in [0.1, 0.15) is 42.0 Å². The van der Waals surface area contributed by atoms with Gasteiger partial charge in [-0.2, -0.15) is 0 Å². The van der Waals surface area contributed by atoms with E-state index in [1.165, 1.54) is 46.2 Å². The molecule has 2 aliphatic carbocycles. The van der Waals surface area contributed by atoms with E-state index < -0.39 is 5.97 Å². The van der Waals surface area contributed by atoms with Crippen LogP contribution in [0.15, 0.2) is 48.0 Å². The highest BCUT2D eigenvalue weighted by Gasteiger charge is 2.33. The number of benzene rings is 2. The Morgan fingerprint density at radius 3 is 2.47 bits per heavy atom. The van der Waals surface area contributed by atoms with Crippen LogP contribution in [-0.4, -0.2) is 42.2 Å². The zero-order chi connectivity index (χ0) is 21.4. The third-order valence-electron chi connectivity index (χ3n) is 7.36. The van der Waals surface area contributed by atoms with Gasteiger partial charge in [0, 0.05) is 19.6 Å². The van der Waals surface area contributed by atoms with E-state index >= 15 is 0 Å². The van der Waals surface area contributed by atoms with Crippen LogP contribution in [0.4, 0.5) is 0 Å². The normalized spacial score (nSPS) is 18.5. The molecule has 1 aliphatic heterocycles. The molecule has 0 saturated carbocycles. The predicted octanol–water partition coefficient (Wildman–Crippen LogP) is 5.03. The number of halogens is 1. The Morgan fingerprint density at radius 1 is 1.06 bits per heavy atom. The van der Waals surface area contributed by atoms with Crippen LogP contribution in [0.3, 0.4) is 0 Å². The van der Waals surface area contributed by atoms with Crippen molar-refractivity contribution in [2.45, 2.75) is 39.0 Å². The summed E-state index contributed by atoms with van der Waals surface area (Å²) in [5, 5.41) is 9.08. The number of ether oxygens (including phenoxy) is 1. The van der Waals surface area contributed by atoms with Crippen LogP contribution in [0.25, 0.3) is 5.57 Å². The summed E-state index contributed by atoms with van der Waals surface area (Å²) in [5.74, 6) is 0.832. The van der Waals surface area contributed by atoms with Gasteiger partial charge in [-0.3, -0.25) is 9.69 Å². The number of hydrogen-bond donors (Lipinski definition) is 1. The SMILES string of the molecule is CC1=C(CN2CC(C(=O)O)C2)CCc2cc(OCCC3Cc4ccccc4C3)ccc21.Cl. The molecule has 0 unspecified atom stereocenters. The summed E-state index contributed by atoms with van der Waals surface area (Å²) in [6.45, 7) is 5.24. The first-order valence-corrected chi connectivity index (χ1v) is 11.5.